The van der Waals surface area contributed by atoms with Gasteiger partial charge in [0, 0.05) is 13.6 Å². The number of hydrogen-bond acceptors (Lipinski definition) is 5. The zero-order valence-corrected chi connectivity index (χ0v) is 15.2. The highest BCUT2D eigenvalue weighted by atomic mass is 32.2. The van der Waals surface area contributed by atoms with Gasteiger partial charge in [-0.1, -0.05) is 59.8 Å². The fourth-order valence-electron chi connectivity index (χ4n) is 2.47. The number of rotatable bonds is 8. The van der Waals surface area contributed by atoms with Crippen LogP contribution in [0.25, 0.3) is 0 Å². The summed E-state index contributed by atoms with van der Waals surface area (Å²) < 4.78 is 34.0. The Morgan fingerprint density at radius 1 is 1.00 bits per heavy atom. The van der Waals surface area contributed by atoms with Gasteiger partial charge in [-0.15, -0.1) is 5.10 Å². The third-order valence-electron chi connectivity index (χ3n) is 3.79. The lowest BCUT2D eigenvalue weighted by Crippen LogP contribution is -2.25. The van der Waals surface area contributed by atoms with E-state index in [0.29, 0.717) is 13.2 Å². The molecule has 0 fully saturated rings. The minimum Gasteiger partial charge on any atom is -0.372 e. The second-order valence-electron chi connectivity index (χ2n) is 5.82. The summed E-state index contributed by atoms with van der Waals surface area (Å²) in [5.74, 6) is 0. The van der Waals surface area contributed by atoms with Gasteiger partial charge in [-0.05, 0) is 16.7 Å². The third-order valence-corrected chi connectivity index (χ3v) is 5.23. The van der Waals surface area contributed by atoms with Crippen LogP contribution in [0.1, 0.15) is 16.7 Å². The number of nitrogens with zero attached hydrogens (tertiary/aromatic N) is 3. The van der Waals surface area contributed by atoms with Crippen LogP contribution < -0.4 is 4.72 Å². The highest BCUT2D eigenvalue weighted by molar-refractivity contribution is 7.89. The molecule has 1 N–H and O–H groups in total. The van der Waals surface area contributed by atoms with Crippen molar-refractivity contribution < 1.29 is 13.2 Å². The van der Waals surface area contributed by atoms with E-state index >= 15 is 0 Å². The summed E-state index contributed by atoms with van der Waals surface area (Å²) in [7, 11) is -2.12. The van der Waals surface area contributed by atoms with Crippen molar-refractivity contribution in [1.29, 1.82) is 0 Å². The van der Waals surface area contributed by atoms with E-state index in [4.69, 9.17) is 4.74 Å². The molecule has 7 nitrogen and oxygen atoms in total. The van der Waals surface area contributed by atoms with Gasteiger partial charge in [0.05, 0.1) is 19.4 Å². The van der Waals surface area contributed by atoms with Crippen molar-refractivity contribution in [3.05, 3.63) is 77.5 Å². The summed E-state index contributed by atoms with van der Waals surface area (Å²) in [5, 5.41) is 7.26. The summed E-state index contributed by atoms with van der Waals surface area (Å²) in [6.07, 6.45) is 1.22. The van der Waals surface area contributed by atoms with Gasteiger partial charge >= 0.3 is 0 Å². The third kappa shape index (κ3) is 4.75. The van der Waals surface area contributed by atoms with Crippen LogP contribution in [0.15, 0.2) is 65.8 Å². The predicted octanol–water partition coefficient (Wildman–Crippen LogP) is 2.01. The molecule has 0 bridgehead atoms. The molecule has 3 aromatic rings. The number of sulfonamides is 1. The van der Waals surface area contributed by atoms with Gasteiger partial charge in [-0.25, -0.2) is 17.8 Å². The number of aromatic nitrogens is 3. The van der Waals surface area contributed by atoms with Crippen molar-refractivity contribution in [1.82, 2.24) is 19.7 Å². The van der Waals surface area contributed by atoms with Crippen LogP contribution in [0.5, 0.6) is 0 Å². The van der Waals surface area contributed by atoms with Gasteiger partial charge < -0.3 is 4.74 Å². The lowest BCUT2D eigenvalue weighted by atomic mass is 10.1. The van der Waals surface area contributed by atoms with E-state index < -0.39 is 10.0 Å². The Kier molecular flexibility index (Phi) is 5.77. The second kappa shape index (κ2) is 8.22. The summed E-state index contributed by atoms with van der Waals surface area (Å²) in [6, 6.07) is 17.6. The molecule has 0 radical (unpaired) electrons. The molecule has 0 atom stereocenters. The molecule has 0 aliphatic rings. The molecule has 0 unspecified atom stereocenters. The second-order valence-corrected chi connectivity index (χ2v) is 7.53. The van der Waals surface area contributed by atoms with E-state index in [0.717, 1.165) is 16.7 Å². The zero-order chi connectivity index (χ0) is 18.4. The largest absolute Gasteiger partial charge is 0.372 e. The molecule has 0 amide bonds. The monoisotopic (exact) mass is 372 g/mol. The lowest BCUT2D eigenvalue weighted by molar-refractivity contribution is 0.107. The Bertz CT molecular complexity index is 955. The maximum Gasteiger partial charge on any atom is 0.259 e. The number of benzene rings is 2. The van der Waals surface area contributed by atoms with Crippen LogP contribution in [0.4, 0.5) is 0 Å². The number of nitrogens with one attached hydrogen (secondary N) is 1. The van der Waals surface area contributed by atoms with Gasteiger partial charge in [0.2, 0.25) is 0 Å². The van der Waals surface area contributed by atoms with Crippen molar-refractivity contribution >= 4 is 10.0 Å². The van der Waals surface area contributed by atoms with E-state index in [1.165, 1.54) is 17.9 Å². The van der Waals surface area contributed by atoms with E-state index in [9.17, 15) is 8.42 Å². The summed E-state index contributed by atoms with van der Waals surface area (Å²) >= 11 is 0. The van der Waals surface area contributed by atoms with E-state index in [1.54, 1.807) is 0 Å². The molecular formula is C18H20N4O3S. The zero-order valence-electron chi connectivity index (χ0n) is 14.4. The first-order valence-corrected chi connectivity index (χ1v) is 9.57. The van der Waals surface area contributed by atoms with Gasteiger partial charge in [-0.2, -0.15) is 0 Å². The first-order chi connectivity index (χ1) is 12.5. The number of ether oxygens (including phenoxy) is 1. The van der Waals surface area contributed by atoms with E-state index in [2.05, 4.69) is 15.0 Å². The lowest BCUT2D eigenvalue weighted by Gasteiger charge is -2.09. The summed E-state index contributed by atoms with van der Waals surface area (Å²) in [6.45, 7) is 1.17. The molecule has 1 aromatic heterocycles. The standard InChI is InChI=1S/C18H20N4O3S/c1-22-18(12-19-21-22)26(23,24)20-11-16-8-5-9-17(10-16)14-25-13-15-6-3-2-4-7-15/h2-10,12,20H,11,13-14H2,1H3. The van der Waals surface area contributed by atoms with Gasteiger partial charge in [-0.3, -0.25) is 0 Å². The van der Waals surface area contributed by atoms with Gasteiger partial charge in [0.1, 0.15) is 0 Å². The molecule has 3 rings (SSSR count). The number of aryl methyl sites for hydroxylation is 1. The van der Waals surface area contributed by atoms with Gasteiger partial charge in [0.15, 0.2) is 5.03 Å². The fraction of sp³-hybridized carbons (Fsp3) is 0.222. The summed E-state index contributed by atoms with van der Waals surface area (Å²) in [5.41, 5.74) is 2.95. The maximum atomic E-state index is 12.3. The average Bonchev–Trinajstić information content (AvgIpc) is 3.08. The highest BCUT2D eigenvalue weighted by Gasteiger charge is 2.18. The molecule has 0 aliphatic heterocycles. The van der Waals surface area contributed by atoms with Crippen LogP contribution in [-0.2, 0) is 41.6 Å². The molecule has 0 aliphatic carbocycles. The Labute approximate surface area is 152 Å². The first-order valence-electron chi connectivity index (χ1n) is 8.08. The maximum absolute atomic E-state index is 12.3. The molecule has 8 heteroatoms. The van der Waals surface area contributed by atoms with E-state index in [1.807, 2.05) is 54.6 Å². The average molecular weight is 372 g/mol. The predicted molar refractivity (Wildman–Crippen MR) is 96.4 cm³/mol. The molecule has 2 aromatic carbocycles. The molecule has 0 saturated carbocycles. The normalized spacial score (nSPS) is 11.6. The van der Waals surface area contributed by atoms with E-state index in [-0.39, 0.29) is 11.6 Å². The Morgan fingerprint density at radius 3 is 2.42 bits per heavy atom. The van der Waals surface area contributed by atoms with Crippen molar-refractivity contribution in [3.63, 3.8) is 0 Å². The number of hydrogen-bond donors (Lipinski definition) is 1. The first kappa shape index (κ1) is 18.2. The molecule has 0 spiro atoms. The van der Waals surface area contributed by atoms with Crippen LogP contribution >= 0.6 is 0 Å². The minimum absolute atomic E-state index is 0.0276. The smallest absolute Gasteiger partial charge is 0.259 e. The Hall–Kier alpha value is -2.55. The molecule has 136 valence electrons. The van der Waals surface area contributed by atoms with Crippen molar-refractivity contribution in [2.24, 2.45) is 7.05 Å². The topological polar surface area (TPSA) is 86.1 Å². The SMILES string of the molecule is Cn1nncc1S(=O)(=O)NCc1cccc(COCc2ccccc2)c1. The Balaban J connectivity index is 1.56. The van der Waals surface area contributed by atoms with Gasteiger partial charge in [0.25, 0.3) is 10.0 Å². The molecular weight excluding hydrogens is 352 g/mol. The van der Waals surface area contributed by atoms with Crippen LogP contribution in [0.2, 0.25) is 0 Å². The summed E-state index contributed by atoms with van der Waals surface area (Å²) in [4.78, 5) is 0. The minimum atomic E-state index is -3.65. The van der Waals surface area contributed by atoms with Crippen LogP contribution in [-0.4, -0.2) is 23.4 Å². The molecule has 0 saturated heterocycles. The van der Waals surface area contributed by atoms with Crippen LogP contribution in [0, 0.1) is 0 Å². The Morgan fingerprint density at radius 2 is 1.69 bits per heavy atom. The van der Waals surface area contributed by atoms with Crippen molar-refractivity contribution in [2.75, 3.05) is 0 Å². The van der Waals surface area contributed by atoms with Crippen molar-refractivity contribution in [3.8, 4) is 0 Å². The van der Waals surface area contributed by atoms with Crippen LogP contribution in [0.3, 0.4) is 0 Å². The highest BCUT2D eigenvalue weighted by Crippen LogP contribution is 2.11. The molecule has 26 heavy (non-hydrogen) atoms. The fourth-order valence-corrected chi connectivity index (χ4v) is 3.54. The van der Waals surface area contributed by atoms with Crippen molar-refractivity contribution in [2.45, 2.75) is 24.8 Å². The quantitative estimate of drug-likeness (QED) is 0.654. The molecule has 1 heterocycles.